The number of methoxy groups -OCH3 is 3. The van der Waals surface area contributed by atoms with Gasteiger partial charge in [0.25, 0.3) is 0 Å². The van der Waals surface area contributed by atoms with Gasteiger partial charge < -0.3 is 28.8 Å². The van der Waals surface area contributed by atoms with Crippen LogP contribution in [0.4, 0.5) is 5.69 Å². The van der Waals surface area contributed by atoms with Gasteiger partial charge in [0, 0.05) is 80.1 Å². The molecule has 3 aromatic carbocycles. The van der Waals surface area contributed by atoms with Gasteiger partial charge in [-0.15, -0.1) is 0 Å². The van der Waals surface area contributed by atoms with E-state index in [9.17, 15) is 4.79 Å². The van der Waals surface area contributed by atoms with Crippen molar-refractivity contribution in [3.05, 3.63) is 107 Å². The molecule has 10 heteroatoms. The molecule has 2 aromatic heterocycles. The fourth-order valence-electron chi connectivity index (χ4n) is 8.84. The Bertz CT molecular complexity index is 2100. The Morgan fingerprint density at radius 2 is 1.74 bits per heavy atom. The molecule has 3 fully saturated rings. The van der Waals surface area contributed by atoms with Crippen molar-refractivity contribution in [2.24, 2.45) is 5.41 Å². The van der Waals surface area contributed by atoms with E-state index in [-0.39, 0.29) is 0 Å². The molecule has 1 N–H and O–H groups in total. The number of hydrogen-bond donors (Lipinski definition) is 1. The summed E-state index contributed by atoms with van der Waals surface area (Å²) in [6.45, 7) is 10.5. The molecule has 2 aliphatic heterocycles. The lowest BCUT2D eigenvalue weighted by Gasteiger charge is -2.63. The van der Waals surface area contributed by atoms with Gasteiger partial charge in [0.05, 0.1) is 27.5 Å². The Morgan fingerprint density at radius 3 is 2.51 bits per heavy atom. The predicted molar refractivity (Wildman–Crippen MR) is 206 cm³/mol. The average Bonchev–Trinajstić information content (AvgIpc) is 3.62. The Balaban J connectivity index is 0.967. The van der Waals surface area contributed by atoms with Crippen molar-refractivity contribution in [3.8, 4) is 23.0 Å². The van der Waals surface area contributed by atoms with E-state index in [1.807, 2.05) is 42.6 Å². The second-order valence-electron chi connectivity index (χ2n) is 15.2. The van der Waals surface area contributed by atoms with E-state index in [2.05, 4.69) is 74.9 Å². The molecule has 2 saturated heterocycles. The van der Waals surface area contributed by atoms with Crippen LogP contribution in [0, 0.1) is 5.41 Å². The number of nitrogens with zero attached hydrogens (tertiary/aromatic N) is 4. The van der Waals surface area contributed by atoms with Crippen molar-refractivity contribution >= 4 is 22.7 Å². The summed E-state index contributed by atoms with van der Waals surface area (Å²) in [5, 5.41) is 0.941. The zero-order chi connectivity index (χ0) is 36.7. The molecule has 0 amide bonds. The number of H-pyrrole nitrogens is 1. The number of carbonyl (C=O) groups is 1. The van der Waals surface area contributed by atoms with Gasteiger partial charge in [-0.2, -0.15) is 0 Å². The largest absolute Gasteiger partial charge is 0.493 e. The Hall–Kier alpha value is -5.06. The van der Waals surface area contributed by atoms with Crippen molar-refractivity contribution < 1.29 is 23.7 Å². The minimum absolute atomic E-state index is 0.300. The SMILES string of the molecule is COC(=O)c1ccc(N2CC3(CC(N4CCN(Cc5ccc(OC)c(OC)c5)C[C@H]4c4ccccc4C(C)C)C3)C2)cc1Oc1cnc2[nH]ccc2c1. The van der Waals surface area contributed by atoms with Crippen LogP contribution >= 0.6 is 0 Å². The van der Waals surface area contributed by atoms with Crippen molar-refractivity contribution in [1.29, 1.82) is 0 Å². The first-order valence-electron chi connectivity index (χ1n) is 18.6. The van der Waals surface area contributed by atoms with Crippen LogP contribution < -0.4 is 19.1 Å². The highest BCUT2D eigenvalue weighted by atomic mass is 16.5. The van der Waals surface area contributed by atoms with Crippen molar-refractivity contribution in [2.75, 3.05) is 59.0 Å². The summed E-state index contributed by atoms with van der Waals surface area (Å²) in [7, 11) is 4.77. The van der Waals surface area contributed by atoms with E-state index in [0.717, 1.165) is 67.5 Å². The van der Waals surface area contributed by atoms with Gasteiger partial charge in [0.1, 0.15) is 22.7 Å². The summed E-state index contributed by atoms with van der Waals surface area (Å²) in [5.74, 6) is 2.59. The molecule has 10 nitrogen and oxygen atoms in total. The minimum Gasteiger partial charge on any atom is -0.493 e. The van der Waals surface area contributed by atoms with Gasteiger partial charge in [0.2, 0.25) is 0 Å². The normalized spacial score (nSPS) is 18.9. The number of anilines is 1. The molecule has 1 atom stereocenters. The zero-order valence-corrected chi connectivity index (χ0v) is 31.3. The van der Waals surface area contributed by atoms with Gasteiger partial charge in [0.15, 0.2) is 11.5 Å². The second kappa shape index (κ2) is 14.4. The van der Waals surface area contributed by atoms with E-state index < -0.39 is 5.97 Å². The van der Waals surface area contributed by atoms with E-state index in [0.29, 0.717) is 40.5 Å². The highest BCUT2D eigenvalue weighted by Gasteiger charge is 2.55. The predicted octanol–water partition coefficient (Wildman–Crippen LogP) is 7.81. The van der Waals surface area contributed by atoms with Gasteiger partial charge in [-0.25, -0.2) is 9.78 Å². The number of piperazine rings is 1. The summed E-state index contributed by atoms with van der Waals surface area (Å²) in [6.07, 6.45) is 5.89. The number of rotatable bonds is 11. The molecule has 0 bridgehead atoms. The third-order valence-electron chi connectivity index (χ3n) is 11.5. The first kappa shape index (κ1) is 35.0. The number of ether oxygens (including phenoxy) is 4. The maximum Gasteiger partial charge on any atom is 0.341 e. The van der Waals surface area contributed by atoms with Gasteiger partial charge in [-0.1, -0.05) is 44.2 Å². The maximum absolute atomic E-state index is 12.7. The van der Waals surface area contributed by atoms with Crippen molar-refractivity contribution in [3.63, 3.8) is 0 Å². The molecule has 53 heavy (non-hydrogen) atoms. The van der Waals surface area contributed by atoms with Crippen LogP contribution in [0.25, 0.3) is 11.0 Å². The molecule has 5 aromatic rings. The molecule has 3 aliphatic rings. The zero-order valence-electron chi connectivity index (χ0n) is 31.3. The van der Waals surface area contributed by atoms with E-state index in [4.69, 9.17) is 18.9 Å². The summed E-state index contributed by atoms with van der Waals surface area (Å²) in [6, 6.07) is 25.8. The number of fused-ring (bicyclic) bond motifs is 1. The average molecular weight is 716 g/mol. The molecule has 0 unspecified atom stereocenters. The maximum atomic E-state index is 12.7. The lowest BCUT2D eigenvalue weighted by atomic mass is 9.59. The molecule has 8 rings (SSSR count). The minimum atomic E-state index is -0.429. The van der Waals surface area contributed by atoms with E-state index >= 15 is 0 Å². The molecule has 1 saturated carbocycles. The Morgan fingerprint density at radius 1 is 0.925 bits per heavy atom. The summed E-state index contributed by atoms with van der Waals surface area (Å²) >= 11 is 0. The first-order valence-corrected chi connectivity index (χ1v) is 18.6. The Kier molecular flexibility index (Phi) is 9.51. The van der Waals surface area contributed by atoms with E-state index in [1.165, 1.54) is 36.6 Å². The fourth-order valence-corrected chi connectivity index (χ4v) is 8.84. The van der Waals surface area contributed by atoms with Gasteiger partial charge >= 0.3 is 5.97 Å². The van der Waals surface area contributed by atoms with Crippen LogP contribution in [0.1, 0.15) is 65.7 Å². The van der Waals surface area contributed by atoms with Crippen LogP contribution in [-0.2, 0) is 11.3 Å². The van der Waals surface area contributed by atoms with Crippen LogP contribution in [0.2, 0.25) is 0 Å². The monoisotopic (exact) mass is 715 g/mol. The highest BCUT2D eigenvalue weighted by molar-refractivity contribution is 5.93. The molecule has 276 valence electrons. The van der Waals surface area contributed by atoms with E-state index in [1.54, 1.807) is 20.4 Å². The third-order valence-corrected chi connectivity index (χ3v) is 11.5. The molecular weight excluding hydrogens is 667 g/mol. The quantitative estimate of drug-likeness (QED) is 0.138. The molecular formula is C43H49N5O5. The number of esters is 1. The lowest BCUT2D eigenvalue weighted by molar-refractivity contribution is -0.0647. The summed E-state index contributed by atoms with van der Waals surface area (Å²) < 4.78 is 22.5. The number of aromatic nitrogens is 2. The van der Waals surface area contributed by atoms with Crippen LogP contribution in [0.15, 0.2) is 85.2 Å². The topological polar surface area (TPSA) is 92.4 Å². The highest BCUT2D eigenvalue weighted by Crippen LogP contribution is 2.53. The number of aromatic amines is 1. The van der Waals surface area contributed by atoms with Crippen LogP contribution in [-0.4, -0.2) is 85.8 Å². The lowest BCUT2D eigenvalue weighted by Crippen LogP contribution is -2.68. The fraction of sp³-hybridized carbons (Fsp3) is 0.395. The number of hydrogen-bond acceptors (Lipinski definition) is 9. The van der Waals surface area contributed by atoms with Crippen LogP contribution in [0.3, 0.4) is 0 Å². The van der Waals surface area contributed by atoms with Gasteiger partial charge in [-0.05, 0) is 71.8 Å². The smallest absolute Gasteiger partial charge is 0.341 e. The Labute approximate surface area is 311 Å². The number of pyridine rings is 1. The number of benzene rings is 3. The van der Waals surface area contributed by atoms with Crippen molar-refractivity contribution in [1.82, 2.24) is 19.8 Å². The number of carbonyl (C=O) groups excluding carboxylic acids is 1. The molecule has 1 spiro atoms. The second-order valence-corrected chi connectivity index (χ2v) is 15.2. The summed E-state index contributed by atoms with van der Waals surface area (Å²) in [4.78, 5) is 28.1. The molecule has 4 heterocycles. The van der Waals surface area contributed by atoms with Crippen molar-refractivity contribution in [2.45, 2.75) is 51.2 Å². The molecule has 1 aliphatic carbocycles. The molecule has 0 radical (unpaired) electrons. The third kappa shape index (κ3) is 6.82. The first-order chi connectivity index (χ1) is 25.8. The van der Waals surface area contributed by atoms with Crippen LogP contribution in [0.5, 0.6) is 23.0 Å². The standard InChI is InChI=1S/C43H49N5O5/c1-28(2)34-8-6-7-9-35(34)37-25-46(24-29-10-13-38(50-3)40(18-29)51-4)16-17-48(37)32-21-43(22-32)26-47(27-43)31-11-12-36(42(49)52-5)39(20-31)53-33-19-30-14-15-44-41(30)45-23-33/h6-15,18-20,23,28,32,37H,16-17,21-22,24-27H2,1-5H3,(H,44,45)/t37-/m0/s1. The number of nitrogens with one attached hydrogen (secondary N) is 1. The van der Waals surface area contributed by atoms with Gasteiger partial charge in [-0.3, -0.25) is 9.80 Å². The summed E-state index contributed by atoms with van der Waals surface area (Å²) in [5.41, 5.74) is 6.66.